The minimum Gasteiger partial charge on any atom is -0.398 e. The number of rotatable bonds is 1. The van der Waals surface area contributed by atoms with Gasteiger partial charge in [0.05, 0.1) is 0 Å². The van der Waals surface area contributed by atoms with Crippen LogP contribution in [-0.2, 0) is 0 Å². The van der Waals surface area contributed by atoms with Crippen molar-refractivity contribution >= 4 is 22.1 Å². The first-order valence-electron chi connectivity index (χ1n) is 4.15. The lowest BCUT2D eigenvalue weighted by molar-refractivity contribution is 1.51. The summed E-state index contributed by atoms with van der Waals surface area (Å²) in [4.78, 5) is 2.77. The van der Waals surface area contributed by atoms with Crippen molar-refractivity contribution in [1.82, 2.24) is 0 Å². The van der Waals surface area contributed by atoms with Crippen molar-refractivity contribution < 1.29 is 0 Å². The van der Waals surface area contributed by atoms with E-state index in [1.807, 2.05) is 24.3 Å². The third-order valence-corrected chi connectivity index (χ3v) is 2.09. The molecule has 0 amide bonds. The first-order valence-corrected chi connectivity index (χ1v) is 4.15. The Morgan fingerprint density at radius 3 is 2.50 bits per heavy atom. The molecule has 4 nitrogen and oxygen atoms in total. The fraction of sp³-hybridized carbons (Fsp3) is 0. The lowest BCUT2D eigenvalue weighted by Crippen LogP contribution is -1.85. The molecule has 2 aromatic rings. The fourth-order valence-electron chi connectivity index (χ4n) is 1.44. The van der Waals surface area contributed by atoms with Gasteiger partial charge in [-0.05, 0) is 23.1 Å². The zero-order valence-electron chi connectivity index (χ0n) is 7.38. The Labute approximate surface area is 80.6 Å². The van der Waals surface area contributed by atoms with E-state index in [0.29, 0.717) is 11.4 Å². The first-order chi connectivity index (χ1) is 6.83. The van der Waals surface area contributed by atoms with Gasteiger partial charge in [0.1, 0.15) is 0 Å². The highest BCUT2D eigenvalue weighted by molar-refractivity contribution is 5.99. The summed E-state index contributed by atoms with van der Waals surface area (Å²) >= 11 is 0. The standard InChI is InChI=1S/C10H8N4/c11-9-5-6-10(13-14-12)8-4-2-1-3-7(8)9/h1-6H,11H2. The summed E-state index contributed by atoms with van der Waals surface area (Å²) in [6.07, 6.45) is 0. The van der Waals surface area contributed by atoms with Gasteiger partial charge in [-0.2, -0.15) is 0 Å². The Kier molecular flexibility index (Phi) is 1.97. The number of nitrogens with two attached hydrogens (primary N) is 1. The second-order valence-corrected chi connectivity index (χ2v) is 2.91. The van der Waals surface area contributed by atoms with Crippen molar-refractivity contribution in [2.45, 2.75) is 0 Å². The lowest BCUT2D eigenvalue weighted by atomic mass is 10.1. The zero-order chi connectivity index (χ0) is 9.97. The molecule has 0 bridgehead atoms. The molecule has 68 valence electrons. The number of benzene rings is 2. The number of azide groups is 1. The van der Waals surface area contributed by atoms with Gasteiger partial charge in [0.15, 0.2) is 0 Å². The molecule has 2 aromatic carbocycles. The van der Waals surface area contributed by atoms with E-state index < -0.39 is 0 Å². The normalized spacial score (nSPS) is 9.71. The summed E-state index contributed by atoms with van der Waals surface area (Å²) < 4.78 is 0. The Hall–Kier alpha value is -2.19. The van der Waals surface area contributed by atoms with Crippen LogP contribution in [0.2, 0.25) is 0 Å². The number of hydrogen-bond acceptors (Lipinski definition) is 2. The summed E-state index contributed by atoms with van der Waals surface area (Å²) in [6, 6.07) is 11.0. The fourth-order valence-corrected chi connectivity index (χ4v) is 1.44. The van der Waals surface area contributed by atoms with Crippen molar-refractivity contribution in [1.29, 1.82) is 0 Å². The van der Waals surface area contributed by atoms with E-state index in [2.05, 4.69) is 10.0 Å². The Balaban J connectivity index is 2.88. The number of hydrogen-bond donors (Lipinski definition) is 1. The molecule has 0 unspecified atom stereocenters. The maximum absolute atomic E-state index is 8.38. The molecular weight excluding hydrogens is 176 g/mol. The van der Waals surface area contributed by atoms with Gasteiger partial charge in [0, 0.05) is 21.7 Å². The Morgan fingerprint density at radius 2 is 1.79 bits per heavy atom. The van der Waals surface area contributed by atoms with Crippen molar-refractivity contribution in [3.05, 3.63) is 46.8 Å². The summed E-state index contributed by atoms with van der Waals surface area (Å²) in [5.74, 6) is 0. The zero-order valence-corrected chi connectivity index (χ0v) is 7.38. The van der Waals surface area contributed by atoms with Crippen LogP contribution in [0.5, 0.6) is 0 Å². The van der Waals surface area contributed by atoms with E-state index in [-0.39, 0.29) is 0 Å². The monoisotopic (exact) mass is 184 g/mol. The van der Waals surface area contributed by atoms with E-state index in [4.69, 9.17) is 11.3 Å². The molecule has 4 heteroatoms. The molecule has 0 radical (unpaired) electrons. The largest absolute Gasteiger partial charge is 0.398 e. The second kappa shape index (κ2) is 3.28. The van der Waals surface area contributed by atoms with Crippen molar-refractivity contribution in [2.24, 2.45) is 5.11 Å². The SMILES string of the molecule is [N-]=[N+]=Nc1ccc(N)c2ccccc12. The minimum absolute atomic E-state index is 0.609. The van der Waals surface area contributed by atoms with Crippen LogP contribution in [0.15, 0.2) is 41.5 Å². The highest BCUT2D eigenvalue weighted by atomic mass is 15.1. The van der Waals surface area contributed by atoms with Gasteiger partial charge >= 0.3 is 0 Å². The molecule has 0 atom stereocenters. The van der Waals surface area contributed by atoms with E-state index in [9.17, 15) is 0 Å². The van der Waals surface area contributed by atoms with Crippen LogP contribution in [0, 0.1) is 0 Å². The minimum atomic E-state index is 0.609. The van der Waals surface area contributed by atoms with Crippen LogP contribution in [0.1, 0.15) is 0 Å². The highest BCUT2D eigenvalue weighted by Crippen LogP contribution is 2.29. The number of fused-ring (bicyclic) bond motifs is 1. The molecule has 0 saturated heterocycles. The van der Waals surface area contributed by atoms with Crippen molar-refractivity contribution in [3.63, 3.8) is 0 Å². The third kappa shape index (κ3) is 1.24. The molecule has 2 rings (SSSR count). The number of nitrogen functional groups attached to an aromatic ring is 1. The molecule has 0 aromatic heterocycles. The van der Waals surface area contributed by atoms with Crippen molar-refractivity contribution in [3.8, 4) is 0 Å². The lowest BCUT2D eigenvalue weighted by Gasteiger charge is -2.03. The second-order valence-electron chi connectivity index (χ2n) is 2.91. The quantitative estimate of drug-likeness (QED) is 0.313. The topological polar surface area (TPSA) is 74.8 Å². The van der Waals surface area contributed by atoms with Crippen LogP contribution in [0.25, 0.3) is 21.2 Å². The molecule has 0 aliphatic heterocycles. The van der Waals surface area contributed by atoms with Gasteiger partial charge < -0.3 is 5.73 Å². The predicted octanol–water partition coefficient (Wildman–Crippen LogP) is 3.36. The Morgan fingerprint density at radius 1 is 1.07 bits per heavy atom. The maximum atomic E-state index is 8.38. The summed E-state index contributed by atoms with van der Waals surface area (Å²) in [7, 11) is 0. The average molecular weight is 184 g/mol. The van der Waals surface area contributed by atoms with Crippen LogP contribution >= 0.6 is 0 Å². The smallest absolute Gasteiger partial charge is 0.0455 e. The molecule has 0 spiro atoms. The van der Waals surface area contributed by atoms with Crippen LogP contribution in [0.3, 0.4) is 0 Å². The van der Waals surface area contributed by atoms with Crippen LogP contribution in [-0.4, -0.2) is 0 Å². The van der Waals surface area contributed by atoms with E-state index in [0.717, 1.165) is 10.8 Å². The summed E-state index contributed by atoms with van der Waals surface area (Å²) in [5.41, 5.74) is 15.5. The maximum Gasteiger partial charge on any atom is 0.0455 e. The van der Waals surface area contributed by atoms with E-state index in [1.165, 1.54) is 0 Å². The summed E-state index contributed by atoms with van der Waals surface area (Å²) in [5, 5.41) is 5.40. The highest BCUT2D eigenvalue weighted by Gasteiger charge is 2.00. The molecule has 0 heterocycles. The first kappa shape index (κ1) is 8.41. The number of nitrogens with zero attached hydrogens (tertiary/aromatic N) is 3. The van der Waals surface area contributed by atoms with Crippen LogP contribution < -0.4 is 5.73 Å². The average Bonchev–Trinajstić information content (AvgIpc) is 2.23. The molecule has 0 saturated carbocycles. The molecule has 0 aliphatic rings. The molecule has 2 N–H and O–H groups in total. The van der Waals surface area contributed by atoms with Gasteiger partial charge in [0.2, 0.25) is 0 Å². The van der Waals surface area contributed by atoms with E-state index >= 15 is 0 Å². The van der Waals surface area contributed by atoms with Crippen molar-refractivity contribution in [2.75, 3.05) is 5.73 Å². The van der Waals surface area contributed by atoms with Crippen LogP contribution in [0.4, 0.5) is 11.4 Å². The van der Waals surface area contributed by atoms with Gasteiger partial charge in [-0.25, -0.2) is 0 Å². The summed E-state index contributed by atoms with van der Waals surface area (Å²) in [6.45, 7) is 0. The predicted molar refractivity (Wildman–Crippen MR) is 57.2 cm³/mol. The van der Waals surface area contributed by atoms with Gasteiger partial charge in [0.25, 0.3) is 0 Å². The number of anilines is 1. The molecule has 0 fully saturated rings. The van der Waals surface area contributed by atoms with Gasteiger partial charge in [-0.3, -0.25) is 0 Å². The molecular formula is C10H8N4. The molecule has 0 aliphatic carbocycles. The van der Waals surface area contributed by atoms with Gasteiger partial charge in [-0.15, -0.1) is 0 Å². The Bertz CT molecular complexity index is 527. The third-order valence-electron chi connectivity index (χ3n) is 2.09. The van der Waals surface area contributed by atoms with Gasteiger partial charge in [-0.1, -0.05) is 29.4 Å². The van der Waals surface area contributed by atoms with E-state index in [1.54, 1.807) is 12.1 Å². The molecule has 14 heavy (non-hydrogen) atoms.